The predicted molar refractivity (Wildman–Crippen MR) is 103 cm³/mol. The van der Waals surface area contributed by atoms with E-state index in [9.17, 15) is 14.9 Å². The van der Waals surface area contributed by atoms with E-state index in [1.807, 2.05) is 0 Å². The van der Waals surface area contributed by atoms with E-state index < -0.39 is 4.92 Å². The molecule has 0 amide bonds. The van der Waals surface area contributed by atoms with Crippen molar-refractivity contribution in [2.45, 2.75) is 13.8 Å². The van der Waals surface area contributed by atoms with Gasteiger partial charge in [0.05, 0.1) is 17.3 Å². The zero-order chi connectivity index (χ0) is 20.4. The Morgan fingerprint density at radius 3 is 2.21 bits per heavy atom. The number of aryl methyl sites for hydroxylation is 3. The van der Waals surface area contributed by atoms with E-state index >= 15 is 0 Å². The smallest absolute Gasteiger partial charge is 0.288 e. The van der Waals surface area contributed by atoms with E-state index in [2.05, 4.69) is 15.3 Å². The molecule has 0 atom stereocenters. The van der Waals surface area contributed by atoms with E-state index in [0.717, 1.165) is 5.56 Å². The first-order valence-corrected chi connectivity index (χ1v) is 8.38. The van der Waals surface area contributed by atoms with Crippen molar-refractivity contribution in [2.24, 2.45) is 14.1 Å². The molecule has 0 fully saturated rings. The molecule has 0 saturated carbocycles. The molecule has 0 spiro atoms. The minimum Gasteiger partial charge on any atom is -0.288 e. The summed E-state index contributed by atoms with van der Waals surface area (Å²) >= 11 is 0. The second-order valence-corrected chi connectivity index (χ2v) is 6.31. The Kier molecular flexibility index (Phi) is 5.03. The summed E-state index contributed by atoms with van der Waals surface area (Å²) in [6.07, 6.45) is 11.3. The Morgan fingerprint density at radius 1 is 1.11 bits per heavy atom. The highest BCUT2D eigenvalue weighted by Crippen LogP contribution is 2.26. The zero-order valence-electron chi connectivity index (χ0n) is 15.9. The van der Waals surface area contributed by atoms with Crippen molar-refractivity contribution in [3.05, 3.63) is 63.5 Å². The van der Waals surface area contributed by atoms with Crippen LogP contribution >= 0.6 is 0 Å². The second-order valence-electron chi connectivity index (χ2n) is 6.31. The molecule has 28 heavy (non-hydrogen) atoms. The number of rotatable bonds is 6. The van der Waals surface area contributed by atoms with Crippen LogP contribution < -0.4 is 0 Å². The van der Waals surface area contributed by atoms with E-state index in [-0.39, 0.29) is 28.6 Å². The highest BCUT2D eigenvalue weighted by molar-refractivity contribution is 6.26. The van der Waals surface area contributed by atoms with Crippen LogP contribution in [0.15, 0.2) is 30.9 Å². The van der Waals surface area contributed by atoms with Crippen molar-refractivity contribution in [3.63, 3.8) is 0 Å². The number of hydrogen-bond donors (Lipinski definition) is 0. The van der Waals surface area contributed by atoms with Crippen molar-refractivity contribution in [3.8, 4) is 0 Å². The van der Waals surface area contributed by atoms with Gasteiger partial charge >= 0.3 is 5.69 Å². The van der Waals surface area contributed by atoms with E-state index in [4.69, 9.17) is 0 Å². The van der Waals surface area contributed by atoms with Crippen LogP contribution in [0.1, 0.15) is 22.5 Å². The minimum atomic E-state index is -0.494. The topological polar surface area (TPSA) is 114 Å². The molecule has 0 aliphatic carbocycles. The third kappa shape index (κ3) is 3.80. The number of nitrogens with zero attached hydrogens (tertiary/aromatic N) is 7. The summed E-state index contributed by atoms with van der Waals surface area (Å²) in [5.41, 5.74) is 2.03. The average Bonchev–Trinajstić information content (AvgIpc) is 3.30. The summed E-state index contributed by atoms with van der Waals surface area (Å²) in [5, 5.41) is 23.7. The maximum absolute atomic E-state index is 12.9. The molecule has 10 heteroatoms. The van der Waals surface area contributed by atoms with Crippen molar-refractivity contribution in [1.29, 1.82) is 0 Å². The third-order valence-corrected chi connectivity index (χ3v) is 4.10. The number of carbonyl (C=O) groups is 1. The Labute approximate surface area is 160 Å². The van der Waals surface area contributed by atoms with Gasteiger partial charge in [-0.15, -0.1) is 0 Å². The first kappa shape index (κ1) is 19.0. The molecule has 0 aliphatic rings. The number of carbonyl (C=O) groups excluding carboxylic acids is 1. The van der Waals surface area contributed by atoms with Gasteiger partial charge in [0.15, 0.2) is 0 Å². The normalized spacial score (nSPS) is 12.1. The number of aromatic nitrogens is 6. The fourth-order valence-corrected chi connectivity index (χ4v) is 2.83. The molecule has 3 heterocycles. The van der Waals surface area contributed by atoms with E-state index in [0.29, 0.717) is 5.56 Å². The van der Waals surface area contributed by atoms with Crippen LogP contribution in [0, 0.1) is 24.0 Å². The van der Waals surface area contributed by atoms with Crippen LogP contribution in [0.5, 0.6) is 0 Å². The van der Waals surface area contributed by atoms with Gasteiger partial charge in [-0.3, -0.25) is 24.3 Å². The number of ketones is 1. The lowest BCUT2D eigenvalue weighted by Gasteiger charge is -2.06. The molecular formula is C18H19N7O3. The van der Waals surface area contributed by atoms with Crippen molar-refractivity contribution in [1.82, 2.24) is 29.3 Å². The van der Waals surface area contributed by atoms with Gasteiger partial charge in [0.2, 0.25) is 5.78 Å². The van der Waals surface area contributed by atoms with Crippen LogP contribution in [-0.4, -0.2) is 40.0 Å². The van der Waals surface area contributed by atoms with Gasteiger partial charge < -0.3 is 0 Å². The molecule has 10 nitrogen and oxygen atoms in total. The SMILES string of the molecule is Cc1nn(/C(=C\c2cnn(C)c2)C(=O)/C=C/c2cnn(C)c2)c(C)c1[N+](=O)[O-]. The Balaban J connectivity index is 2.07. The van der Waals surface area contributed by atoms with Crippen molar-refractivity contribution in [2.75, 3.05) is 0 Å². The Bertz CT molecular complexity index is 1110. The lowest BCUT2D eigenvalue weighted by molar-refractivity contribution is -0.386. The van der Waals surface area contributed by atoms with Crippen LogP contribution in [0.2, 0.25) is 0 Å². The van der Waals surface area contributed by atoms with Gasteiger partial charge in [-0.05, 0) is 32.1 Å². The largest absolute Gasteiger partial charge is 0.313 e. The molecule has 3 aromatic heterocycles. The number of allylic oxidation sites excluding steroid dienone is 2. The first-order valence-electron chi connectivity index (χ1n) is 8.38. The highest BCUT2D eigenvalue weighted by atomic mass is 16.6. The summed E-state index contributed by atoms with van der Waals surface area (Å²) in [5.74, 6) is -0.354. The van der Waals surface area contributed by atoms with Crippen LogP contribution in [0.3, 0.4) is 0 Å². The molecular weight excluding hydrogens is 362 g/mol. The Morgan fingerprint density at radius 2 is 1.71 bits per heavy atom. The lowest BCUT2D eigenvalue weighted by Crippen LogP contribution is -2.10. The van der Waals surface area contributed by atoms with Gasteiger partial charge in [0.1, 0.15) is 17.1 Å². The average molecular weight is 381 g/mol. The standard InChI is InChI=1S/C18H19N7O3/c1-12-18(25(27)28)13(2)24(21-12)16(7-15-9-20-23(4)11-15)17(26)6-5-14-8-19-22(3)10-14/h5-11H,1-4H3/b6-5+,16-7-. The molecule has 3 rings (SSSR count). The highest BCUT2D eigenvalue weighted by Gasteiger charge is 2.25. The number of nitro groups is 1. The Hall–Kier alpha value is -3.82. The van der Waals surface area contributed by atoms with Gasteiger partial charge in [0.25, 0.3) is 0 Å². The van der Waals surface area contributed by atoms with Crippen LogP contribution in [0.25, 0.3) is 17.8 Å². The molecule has 0 saturated heterocycles. The summed E-state index contributed by atoms with van der Waals surface area (Å²) in [7, 11) is 3.54. The van der Waals surface area contributed by atoms with Crippen molar-refractivity contribution >= 4 is 29.3 Å². The fourth-order valence-electron chi connectivity index (χ4n) is 2.83. The minimum absolute atomic E-state index is 0.110. The van der Waals surface area contributed by atoms with E-state index in [1.54, 1.807) is 74.2 Å². The first-order chi connectivity index (χ1) is 13.3. The van der Waals surface area contributed by atoms with Crippen molar-refractivity contribution < 1.29 is 9.72 Å². The molecule has 0 aliphatic heterocycles. The van der Waals surface area contributed by atoms with Crippen LogP contribution in [-0.2, 0) is 18.9 Å². The summed E-state index contributed by atoms with van der Waals surface area (Å²) < 4.78 is 4.53. The van der Waals surface area contributed by atoms with Gasteiger partial charge in [0, 0.05) is 37.6 Å². The third-order valence-electron chi connectivity index (χ3n) is 4.10. The molecule has 0 bridgehead atoms. The maximum atomic E-state index is 12.9. The van der Waals surface area contributed by atoms with Gasteiger partial charge in [-0.1, -0.05) is 0 Å². The molecule has 0 aromatic carbocycles. The summed E-state index contributed by atoms with van der Waals surface area (Å²) in [6, 6.07) is 0. The predicted octanol–water partition coefficient (Wildman–Crippen LogP) is 2.16. The van der Waals surface area contributed by atoms with Gasteiger partial charge in [-0.2, -0.15) is 15.3 Å². The zero-order valence-corrected chi connectivity index (χ0v) is 15.9. The summed E-state index contributed by atoms with van der Waals surface area (Å²) in [4.78, 5) is 23.8. The lowest BCUT2D eigenvalue weighted by atomic mass is 10.2. The molecule has 3 aromatic rings. The molecule has 0 unspecified atom stereocenters. The van der Waals surface area contributed by atoms with Gasteiger partial charge in [-0.25, -0.2) is 4.68 Å². The molecule has 0 N–H and O–H groups in total. The second kappa shape index (κ2) is 7.43. The quantitative estimate of drug-likeness (QED) is 0.367. The molecule has 144 valence electrons. The maximum Gasteiger partial charge on any atom is 0.313 e. The summed E-state index contributed by atoms with van der Waals surface area (Å²) in [6.45, 7) is 3.10. The van der Waals surface area contributed by atoms with Crippen LogP contribution in [0.4, 0.5) is 5.69 Å². The van der Waals surface area contributed by atoms with E-state index in [1.165, 1.54) is 10.8 Å². The number of hydrogen-bond acceptors (Lipinski definition) is 6. The fraction of sp³-hybridized carbons (Fsp3) is 0.222. The monoisotopic (exact) mass is 381 g/mol. The molecule has 0 radical (unpaired) electrons.